The van der Waals surface area contributed by atoms with Crippen LogP contribution in [0.4, 0.5) is 10.5 Å². The number of fused-ring (bicyclic) bond motifs is 1. The van der Waals surface area contributed by atoms with Crippen molar-refractivity contribution in [2.75, 3.05) is 4.90 Å². The molecule has 0 spiro atoms. The van der Waals surface area contributed by atoms with Crippen LogP contribution in [0.15, 0.2) is 64.8 Å². The minimum Gasteiger partial charge on any atom is -0.480 e. The van der Waals surface area contributed by atoms with E-state index in [1.165, 1.54) is 10.6 Å². The van der Waals surface area contributed by atoms with Gasteiger partial charge in [0.25, 0.3) is 11.8 Å². The second-order valence-electron chi connectivity index (χ2n) is 6.56. The molecule has 9 heteroatoms. The van der Waals surface area contributed by atoms with Crippen molar-refractivity contribution < 1.29 is 24.3 Å². The molecule has 0 bridgehead atoms. The third-order valence-corrected chi connectivity index (χ3v) is 5.09. The van der Waals surface area contributed by atoms with Crippen LogP contribution in [0.25, 0.3) is 17.0 Å². The number of hydrogen-bond acceptors (Lipinski definition) is 4. The summed E-state index contributed by atoms with van der Waals surface area (Å²) < 4.78 is 2.19. The summed E-state index contributed by atoms with van der Waals surface area (Å²) in [6, 6.07) is 12.8. The number of barbiturate groups is 1. The van der Waals surface area contributed by atoms with Gasteiger partial charge in [0.15, 0.2) is 0 Å². The fraction of sp³-hybridized carbons (Fsp3) is 0.0476. The lowest BCUT2D eigenvalue weighted by Crippen LogP contribution is -2.54. The number of halogens is 1. The van der Waals surface area contributed by atoms with Crippen LogP contribution in [0.2, 0.25) is 0 Å². The molecule has 3 aromatic rings. The first-order valence-corrected chi connectivity index (χ1v) is 9.61. The number of amides is 4. The first-order valence-electron chi connectivity index (χ1n) is 8.82. The SMILES string of the molecule is O=C(O)Cn1cc(/C=C2/C(=O)NC(=O)N(c3cccc(Br)c3)C2=O)c2ccccc21. The van der Waals surface area contributed by atoms with Crippen molar-refractivity contribution in [3.63, 3.8) is 0 Å². The van der Waals surface area contributed by atoms with Crippen LogP contribution in [0.5, 0.6) is 0 Å². The predicted molar refractivity (Wildman–Crippen MR) is 113 cm³/mol. The first kappa shape index (κ1) is 19.6. The number of carboxylic acids is 1. The highest BCUT2D eigenvalue weighted by atomic mass is 79.9. The van der Waals surface area contributed by atoms with E-state index in [2.05, 4.69) is 21.2 Å². The zero-order valence-electron chi connectivity index (χ0n) is 15.3. The van der Waals surface area contributed by atoms with Crippen LogP contribution in [-0.2, 0) is 20.9 Å². The second-order valence-corrected chi connectivity index (χ2v) is 7.48. The lowest BCUT2D eigenvalue weighted by Gasteiger charge is -2.26. The smallest absolute Gasteiger partial charge is 0.335 e. The summed E-state index contributed by atoms with van der Waals surface area (Å²) in [5, 5.41) is 12.0. The van der Waals surface area contributed by atoms with Crippen LogP contribution in [0, 0.1) is 0 Å². The molecule has 8 nitrogen and oxygen atoms in total. The number of aliphatic carboxylic acids is 1. The molecule has 4 amide bonds. The van der Waals surface area contributed by atoms with E-state index < -0.39 is 23.8 Å². The number of urea groups is 1. The maximum atomic E-state index is 13.0. The number of benzene rings is 2. The summed E-state index contributed by atoms with van der Waals surface area (Å²) >= 11 is 3.30. The number of anilines is 1. The van der Waals surface area contributed by atoms with Gasteiger partial charge >= 0.3 is 12.0 Å². The van der Waals surface area contributed by atoms with E-state index in [9.17, 15) is 19.2 Å². The summed E-state index contributed by atoms with van der Waals surface area (Å²) in [5.74, 6) is -2.60. The Morgan fingerprint density at radius 1 is 1.10 bits per heavy atom. The minimum atomic E-state index is -1.02. The Hall–Kier alpha value is -3.72. The Balaban J connectivity index is 1.81. The van der Waals surface area contributed by atoms with Crippen LogP contribution in [-0.4, -0.2) is 33.5 Å². The fourth-order valence-corrected chi connectivity index (χ4v) is 3.72. The van der Waals surface area contributed by atoms with Crippen molar-refractivity contribution in [3.8, 4) is 0 Å². The summed E-state index contributed by atoms with van der Waals surface area (Å²) in [7, 11) is 0. The van der Waals surface area contributed by atoms with Crippen LogP contribution < -0.4 is 10.2 Å². The Bertz CT molecular complexity index is 1260. The molecule has 1 saturated heterocycles. The molecule has 0 atom stereocenters. The van der Waals surface area contributed by atoms with Gasteiger partial charge in [-0.25, -0.2) is 9.69 Å². The molecule has 1 fully saturated rings. The minimum absolute atomic E-state index is 0.229. The molecular formula is C21H14BrN3O5. The average Bonchev–Trinajstić information content (AvgIpc) is 3.02. The highest BCUT2D eigenvalue weighted by Crippen LogP contribution is 2.27. The molecular weight excluding hydrogens is 454 g/mol. The molecule has 1 aliphatic rings. The molecule has 0 radical (unpaired) electrons. The van der Waals surface area contributed by atoms with Gasteiger partial charge in [-0.1, -0.05) is 40.2 Å². The number of hydrogen-bond donors (Lipinski definition) is 2. The third kappa shape index (κ3) is 3.50. The average molecular weight is 468 g/mol. The van der Waals surface area contributed by atoms with Crippen molar-refractivity contribution in [2.24, 2.45) is 0 Å². The van der Waals surface area contributed by atoms with Crippen molar-refractivity contribution in [2.45, 2.75) is 6.54 Å². The number of carbonyl (C=O) groups is 4. The van der Waals surface area contributed by atoms with E-state index in [1.54, 1.807) is 54.7 Å². The van der Waals surface area contributed by atoms with Gasteiger partial charge in [0.1, 0.15) is 12.1 Å². The quantitative estimate of drug-likeness (QED) is 0.452. The number of imide groups is 2. The lowest BCUT2D eigenvalue weighted by atomic mass is 10.1. The number of para-hydroxylation sites is 1. The molecule has 0 saturated carbocycles. The number of aromatic nitrogens is 1. The van der Waals surface area contributed by atoms with Gasteiger partial charge < -0.3 is 9.67 Å². The topological polar surface area (TPSA) is 109 Å². The fourth-order valence-electron chi connectivity index (χ4n) is 3.33. The van der Waals surface area contributed by atoms with Crippen LogP contribution in [0.3, 0.4) is 0 Å². The molecule has 1 aromatic heterocycles. The van der Waals surface area contributed by atoms with Gasteiger partial charge in [-0.15, -0.1) is 0 Å². The Morgan fingerprint density at radius 2 is 1.87 bits per heavy atom. The second kappa shape index (κ2) is 7.60. The molecule has 0 aliphatic carbocycles. The highest BCUT2D eigenvalue weighted by molar-refractivity contribution is 9.10. The zero-order chi connectivity index (χ0) is 21.4. The number of nitrogens with one attached hydrogen (secondary N) is 1. The highest BCUT2D eigenvalue weighted by Gasteiger charge is 2.37. The number of rotatable bonds is 4. The summed E-state index contributed by atoms with van der Waals surface area (Å²) in [6.45, 7) is -0.271. The molecule has 2 aromatic carbocycles. The Labute approximate surface area is 178 Å². The van der Waals surface area contributed by atoms with E-state index in [0.717, 1.165) is 4.90 Å². The lowest BCUT2D eigenvalue weighted by molar-refractivity contribution is -0.137. The van der Waals surface area contributed by atoms with E-state index in [0.29, 0.717) is 26.6 Å². The van der Waals surface area contributed by atoms with Crippen molar-refractivity contribution in [3.05, 3.63) is 70.3 Å². The van der Waals surface area contributed by atoms with Crippen molar-refractivity contribution in [1.29, 1.82) is 0 Å². The van der Waals surface area contributed by atoms with E-state index in [-0.39, 0.29) is 12.1 Å². The van der Waals surface area contributed by atoms with Crippen molar-refractivity contribution >= 4 is 62.4 Å². The summed E-state index contributed by atoms with van der Waals surface area (Å²) in [4.78, 5) is 49.9. The van der Waals surface area contributed by atoms with E-state index in [4.69, 9.17) is 5.11 Å². The first-order chi connectivity index (χ1) is 14.3. The molecule has 2 heterocycles. The van der Waals surface area contributed by atoms with Gasteiger partial charge in [0, 0.05) is 27.1 Å². The molecule has 2 N–H and O–H groups in total. The van der Waals surface area contributed by atoms with Crippen LogP contribution >= 0.6 is 15.9 Å². The van der Waals surface area contributed by atoms with Gasteiger partial charge in [0.05, 0.1) is 5.69 Å². The molecule has 1 aliphatic heterocycles. The normalized spacial score (nSPS) is 15.7. The van der Waals surface area contributed by atoms with Gasteiger partial charge in [-0.3, -0.25) is 19.7 Å². The molecule has 4 rings (SSSR count). The number of nitrogens with zero attached hydrogens (tertiary/aromatic N) is 2. The molecule has 0 unspecified atom stereocenters. The monoisotopic (exact) mass is 467 g/mol. The van der Waals surface area contributed by atoms with Crippen LogP contribution in [0.1, 0.15) is 5.56 Å². The Morgan fingerprint density at radius 3 is 2.60 bits per heavy atom. The number of carbonyl (C=O) groups excluding carboxylic acids is 3. The summed E-state index contributed by atoms with van der Waals surface area (Å²) in [6.07, 6.45) is 2.93. The maximum absolute atomic E-state index is 13.0. The van der Waals surface area contributed by atoms with E-state index in [1.807, 2.05) is 0 Å². The van der Waals surface area contributed by atoms with Gasteiger partial charge in [-0.05, 0) is 30.3 Å². The number of carboxylic acid groups (broad SMARTS) is 1. The van der Waals surface area contributed by atoms with Gasteiger partial charge in [-0.2, -0.15) is 0 Å². The molecule has 150 valence electrons. The van der Waals surface area contributed by atoms with E-state index >= 15 is 0 Å². The maximum Gasteiger partial charge on any atom is 0.335 e. The van der Waals surface area contributed by atoms with Gasteiger partial charge in [0.2, 0.25) is 0 Å². The zero-order valence-corrected chi connectivity index (χ0v) is 16.9. The summed E-state index contributed by atoms with van der Waals surface area (Å²) in [5.41, 5.74) is 1.22. The Kier molecular flexibility index (Phi) is 4.96. The molecule has 30 heavy (non-hydrogen) atoms. The third-order valence-electron chi connectivity index (χ3n) is 4.59. The largest absolute Gasteiger partial charge is 0.480 e. The van der Waals surface area contributed by atoms with Crippen molar-refractivity contribution in [1.82, 2.24) is 9.88 Å². The predicted octanol–water partition coefficient (Wildman–Crippen LogP) is 3.15. The standard InChI is InChI=1S/C21H14BrN3O5/c22-13-4-3-5-14(9-13)25-20(29)16(19(28)23-21(25)30)8-12-10-24(11-18(26)27)17-7-2-1-6-15(12)17/h1-10H,11H2,(H,26,27)(H,23,28,30)/b16-8-.